The van der Waals surface area contributed by atoms with Crippen LogP contribution in [0.3, 0.4) is 0 Å². The van der Waals surface area contributed by atoms with E-state index in [0.29, 0.717) is 29.5 Å². The third-order valence-corrected chi connectivity index (χ3v) is 6.81. The molecule has 0 radical (unpaired) electrons. The first kappa shape index (κ1) is 19.3. The van der Waals surface area contributed by atoms with Crippen LogP contribution in [0.25, 0.3) is 0 Å². The summed E-state index contributed by atoms with van der Waals surface area (Å²) in [5.41, 5.74) is 1.81. The van der Waals surface area contributed by atoms with Gasteiger partial charge in [-0.15, -0.1) is 0 Å². The van der Waals surface area contributed by atoms with Crippen LogP contribution in [0, 0.1) is 23.2 Å². The Kier molecular flexibility index (Phi) is 4.86. The number of halogens is 1. The quantitative estimate of drug-likeness (QED) is 0.731. The first-order valence-electron chi connectivity index (χ1n) is 10.8. The molecule has 8 heteroatoms. The average Bonchev–Trinajstić information content (AvgIpc) is 3.59. The maximum absolute atomic E-state index is 13.5. The minimum Gasteiger partial charge on any atom is -0.371 e. The van der Waals surface area contributed by atoms with Crippen LogP contribution in [-0.4, -0.2) is 67.2 Å². The maximum Gasteiger partial charge on any atom is 0.251 e. The molecule has 0 aromatic heterocycles. The second kappa shape index (κ2) is 7.55. The minimum atomic E-state index is -1.10. The Morgan fingerprint density at radius 1 is 1.13 bits per heavy atom. The molecule has 0 bridgehead atoms. The number of rotatable bonds is 6. The van der Waals surface area contributed by atoms with Gasteiger partial charge in [0.2, 0.25) is 5.91 Å². The van der Waals surface area contributed by atoms with Gasteiger partial charge in [0.25, 0.3) is 5.91 Å². The smallest absolute Gasteiger partial charge is 0.251 e. The summed E-state index contributed by atoms with van der Waals surface area (Å²) < 4.78 is 13.5. The molecule has 2 N–H and O–H groups in total. The van der Waals surface area contributed by atoms with Crippen LogP contribution in [0.1, 0.15) is 29.6 Å². The van der Waals surface area contributed by atoms with Crippen LogP contribution in [0.2, 0.25) is 0 Å². The average molecular weight is 411 g/mol. The van der Waals surface area contributed by atoms with Crippen molar-refractivity contribution >= 4 is 17.5 Å². The summed E-state index contributed by atoms with van der Waals surface area (Å²) in [6, 6.07) is 9.80. The Morgan fingerprint density at radius 3 is 2.47 bits per heavy atom. The number of benzene rings is 1. The zero-order chi connectivity index (χ0) is 20.8. The van der Waals surface area contributed by atoms with Gasteiger partial charge in [-0.25, -0.2) is 4.39 Å². The second-order valence-electron chi connectivity index (χ2n) is 8.96. The number of likely N-dealkylation sites (tertiary alicyclic amines) is 1. The van der Waals surface area contributed by atoms with E-state index in [4.69, 9.17) is 5.26 Å². The Morgan fingerprint density at radius 2 is 1.83 bits per heavy atom. The van der Waals surface area contributed by atoms with Crippen molar-refractivity contribution in [3.63, 3.8) is 0 Å². The van der Waals surface area contributed by atoms with Crippen LogP contribution in [-0.2, 0) is 4.79 Å². The van der Waals surface area contributed by atoms with Crippen LogP contribution in [0.5, 0.6) is 0 Å². The molecule has 2 aliphatic heterocycles. The van der Waals surface area contributed by atoms with Crippen molar-refractivity contribution in [3.8, 4) is 6.07 Å². The molecule has 2 saturated heterocycles. The fourth-order valence-electron chi connectivity index (χ4n) is 4.85. The van der Waals surface area contributed by atoms with E-state index in [9.17, 15) is 14.0 Å². The number of carbonyl (C=O) groups excluding carboxylic acids is 2. The molecule has 4 aliphatic rings. The molecule has 30 heavy (non-hydrogen) atoms. The van der Waals surface area contributed by atoms with Crippen molar-refractivity contribution in [1.82, 2.24) is 15.5 Å². The second-order valence-corrected chi connectivity index (χ2v) is 8.96. The molecule has 4 fully saturated rings. The van der Waals surface area contributed by atoms with Crippen molar-refractivity contribution in [3.05, 3.63) is 29.8 Å². The molecular weight excluding hydrogens is 385 g/mol. The minimum absolute atomic E-state index is 0.00188. The van der Waals surface area contributed by atoms with Gasteiger partial charge in [0.05, 0.1) is 19.2 Å². The van der Waals surface area contributed by atoms with E-state index in [-0.39, 0.29) is 31.3 Å². The topological polar surface area (TPSA) is 88.5 Å². The van der Waals surface area contributed by atoms with Gasteiger partial charge >= 0.3 is 0 Å². The third-order valence-electron chi connectivity index (χ3n) is 6.81. The lowest BCUT2D eigenvalue weighted by atomic mass is 10.1. The Bertz CT molecular complexity index is 869. The highest BCUT2D eigenvalue weighted by molar-refractivity contribution is 5.94. The van der Waals surface area contributed by atoms with Crippen LogP contribution in [0.15, 0.2) is 24.3 Å². The molecule has 2 aliphatic carbocycles. The van der Waals surface area contributed by atoms with E-state index in [2.05, 4.69) is 15.5 Å². The molecule has 5 atom stereocenters. The number of fused-ring (bicyclic) bond motifs is 1. The summed E-state index contributed by atoms with van der Waals surface area (Å²) in [6.45, 7) is 2.02. The lowest BCUT2D eigenvalue weighted by molar-refractivity contribution is -0.130. The van der Waals surface area contributed by atoms with Gasteiger partial charge in [0, 0.05) is 42.8 Å². The van der Waals surface area contributed by atoms with Crippen molar-refractivity contribution in [2.75, 3.05) is 31.1 Å². The van der Waals surface area contributed by atoms with Crippen molar-refractivity contribution in [2.45, 2.75) is 43.6 Å². The van der Waals surface area contributed by atoms with E-state index >= 15 is 0 Å². The lowest BCUT2D eigenvalue weighted by Crippen LogP contribution is -2.42. The fraction of sp³-hybridized carbons (Fsp3) is 0.591. The number of nitrogens with one attached hydrogen (secondary N) is 2. The fourth-order valence-corrected chi connectivity index (χ4v) is 4.85. The highest BCUT2D eigenvalue weighted by atomic mass is 19.1. The molecule has 7 nitrogen and oxygen atoms in total. The molecule has 1 unspecified atom stereocenters. The number of nitrogens with zero attached hydrogens (tertiary/aromatic N) is 3. The van der Waals surface area contributed by atoms with Gasteiger partial charge in [-0.05, 0) is 48.9 Å². The molecule has 2 heterocycles. The monoisotopic (exact) mass is 411 g/mol. The lowest BCUT2D eigenvalue weighted by Gasteiger charge is -2.23. The SMILES string of the molecule is N#C[C@@H]1C[C@H](F)CN1C(=O)CNC1[C@H]2CN(c3ccc(C(=O)NC4CC4)cc3)C[C@@H]12. The highest BCUT2D eigenvalue weighted by Crippen LogP contribution is 2.46. The summed E-state index contributed by atoms with van der Waals surface area (Å²) in [4.78, 5) is 28.1. The van der Waals surface area contributed by atoms with E-state index in [1.807, 2.05) is 30.3 Å². The molecule has 5 rings (SSSR count). The van der Waals surface area contributed by atoms with E-state index in [0.717, 1.165) is 31.6 Å². The van der Waals surface area contributed by atoms with Crippen molar-refractivity contribution < 1.29 is 14.0 Å². The van der Waals surface area contributed by atoms with Gasteiger partial charge in [0.1, 0.15) is 12.2 Å². The molecule has 0 spiro atoms. The third kappa shape index (κ3) is 3.74. The molecule has 2 amide bonds. The number of carbonyl (C=O) groups is 2. The standard InChI is InChI=1S/C22H26FN5O2/c23-14-7-17(8-24)28(10-14)20(29)9-25-21-18-11-27(12-19(18)21)16-5-1-13(2-6-16)22(30)26-15-3-4-15/h1-2,5-6,14-15,17-19,21,25H,3-4,7,9-12H2,(H,26,30)/t14-,17-,18-,19+,21?/m0/s1. The van der Waals surface area contributed by atoms with Gasteiger partial charge in [-0.3, -0.25) is 9.59 Å². The number of alkyl halides is 1. The van der Waals surface area contributed by atoms with Gasteiger partial charge < -0.3 is 20.4 Å². The van der Waals surface area contributed by atoms with Crippen molar-refractivity contribution in [1.29, 1.82) is 5.26 Å². The molecule has 1 aromatic carbocycles. The van der Waals surface area contributed by atoms with Crippen LogP contribution < -0.4 is 15.5 Å². The number of piperidine rings is 1. The number of amides is 2. The highest BCUT2D eigenvalue weighted by Gasteiger charge is 2.55. The number of anilines is 1. The van der Waals surface area contributed by atoms with Crippen molar-refractivity contribution in [2.24, 2.45) is 11.8 Å². The zero-order valence-electron chi connectivity index (χ0n) is 16.8. The predicted octanol–water partition coefficient (Wildman–Crippen LogP) is 1.07. The number of nitriles is 1. The molecule has 1 aromatic rings. The van der Waals surface area contributed by atoms with E-state index in [1.54, 1.807) is 0 Å². The van der Waals surface area contributed by atoms with E-state index in [1.165, 1.54) is 4.90 Å². The molecular formula is C22H26FN5O2. The first-order chi connectivity index (χ1) is 14.5. The van der Waals surface area contributed by atoms with Gasteiger partial charge in [-0.1, -0.05) is 0 Å². The molecule has 158 valence electrons. The Balaban J connectivity index is 1.08. The van der Waals surface area contributed by atoms with Gasteiger partial charge in [-0.2, -0.15) is 5.26 Å². The van der Waals surface area contributed by atoms with Gasteiger partial charge in [0.15, 0.2) is 0 Å². The summed E-state index contributed by atoms with van der Waals surface area (Å²) in [5, 5.41) is 15.4. The summed E-state index contributed by atoms with van der Waals surface area (Å²) in [7, 11) is 0. The number of hydrogen-bond acceptors (Lipinski definition) is 5. The van der Waals surface area contributed by atoms with Crippen LogP contribution in [0.4, 0.5) is 10.1 Å². The summed E-state index contributed by atoms with van der Waals surface area (Å²) in [5.74, 6) is 0.798. The normalized spacial score (nSPS) is 31.9. The first-order valence-corrected chi connectivity index (χ1v) is 10.8. The van der Waals surface area contributed by atoms with E-state index < -0.39 is 12.2 Å². The molecule has 2 saturated carbocycles. The Hall–Kier alpha value is -2.66. The largest absolute Gasteiger partial charge is 0.371 e. The zero-order valence-corrected chi connectivity index (χ0v) is 16.8. The predicted molar refractivity (Wildman–Crippen MR) is 109 cm³/mol. The Labute approximate surface area is 175 Å². The summed E-state index contributed by atoms with van der Waals surface area (Å²) in [6.07, 6.45) is 1.18. The maximum atomic E-state index is 13.5. The summed E-state index contributed by atoms with van der Waals surface area (Å²) >= 11 is 0. The number of hydrogen-bond donors (Lipinski definition) is 2. The van der Waals surface area contributed by atoms with Crippen LogP contribution >= 0.6 is 0 Å².